The zero-order valence-corrected chi connectivity index (χ0v) is 9.53. The van der Waals surface area contributed by atoms with Gasteiger partial charge in [-0.1, -0.05) is 30.3 Å². The Labute approximate surface area is 99.2 Å². The molecule has 0 atom stereocenters. The Hall–Kier alpha value is -1.29. The van der Waals surface area contributed by atoms with E-state index in [1.807, 2.05) is 0 Å². The number of Topliss-reactive ketones (excluding diaryl/α,β-unsaturated/α-hetero) is 1. The molecule has 1 aliphatic rings. The standard InChI is InChI=1S/C13H15F2NO/c14-13(15,11-5-2-1-3-6-11)10-16-8-4-7-12(17)9-16/h1-3,5-6H,4,7-10H2. The summed E-state index contributed by atoms with van der Waals surface area (Å²) in [7, 11) is 0. The normalized spacial score (nSPS) is 18.4. The first-order valence-electron chi connectivity index (χ1n) is 5.75. The van der Waals surface area contributed by atoms with Crippen molar-refractivity contribution < 1.29 is 13.6 Å². The molecule has 1 heterocycles. The summed E-state index contributed by atoms with van der Waals surface area (Å²) in [5.41, 5.74) is 0.0121. The van der Waals surface area contributed by atoms with Crippen LogP contribution in [-0.2, 0) is 10.7 Å². The van der Waals surface area contributed by atoms with Crippen LogP contribution in [0.4, 0.5) is 8.78 Å². The van der Waals surface area contributed by atoms with Gasteiger partial charge in [0.25, 0.3) is 5.92 Å². The number of piperidine rings is 1. The molecule has 0 radical (unpaired) electrons. The van der Waals surface area contributed by atoms with Gasteiger partial charge in [0.1, 0.15) is 5.78 Å². The summed E-state index contributed by atoms with van der Waals surface area (Å²) in [6.45, 7) is 0.360. The zero-order valence-electron chi connectivity index (χ0n) is 9.53. The highest BCUT2D eigenvalue weighted by Crippen LogP contribution is 2.29. The summed E-state index contributed by atoms with van der Waals surface area (Å²) >= 11 is 0. The van der Waals surface area contributed by atoms with Gasteiger partial charge in [-0.05, 0) is 13.0 Å². The second kappa shape index (κ2) is 4.92. The van der Waals surface area contributed by atoms with Crippen molar-refractivity contribution in [2.24, 2.45) is 0 Å². The molecule has 0 spiro atoms. The van der Waals surface area contributed by atoms with Gasteiger partial charge in [-0.3, -0.25) is 9.69 Å². The van der Waals surface area contributed by atoms with E-state index in [-0.39, 0.29) is 24.4 Å². The number of alkyl halides is 2. The Balaban J connectivity index is 2.04. The van der Waals surface area contributed by atoms with Crippen molar-refractivity contribution in [1.29, 1.82) is 0 Å². The second-order valence-corrected chi connectivity index (χ2v) is 4.42. The van der Waals surface area contributed by atoms with Gasteiger partial charge in [-0.2, -0.15) is 8.78 Å². The van der Waals surface area contributed by atoms with Crippen LogP contribution >= 0.6 is 0 Å². The second-order valence-electron chi connectivity index (χ2n) is 4.42. The molecule has 92 valence electrons. The van der Waals surface area contributed by atoms with Gasteiger partial charge in [0.2, 0.25) is 0 Å². The summed E-state index contributed by atoms with van der Waals surface area (Å²) in [5, 5.41) is 0. The first-order valence-corrected chi connectivity index (χ1v) is 5.75. The van der Waals surface area contributed by atoms with Crippen LogP contribution in [0.3, 0.4) is 0 Å². The summed E-state index contributed by atoms with van der Waals surface area (Å²) in [4.78, 5) is 12.7. The molecule has 0 saturated carbocycles. The predicted octanol–water partition coefficient (Wildman–Crippen LogP) is 2.44. The van der Waals surface area contributed by atoms with Crippen molar-refractivity contribution in [3.63, 3.8) is 0 Å². The largest absolute Gasteiger partial charge is 0.298 e. The Morgan fingerprint density at radius 2 is 1.94 bits per heavy atom. The molecule has 1 aliphatic heterocycles. The molecule has 0 aliphatic carbocycles. The Morgan fingerprint density at radius 3 is 2.59 bits per heavy atom. The number of ketones is 1. The minimum atomic E-state index is -2.89. The van der Waals surface area contributed by atoms with Gasteiger partial charge in [-0.25, -0.2) is 0 Å². The third-order valence-electron chi connectivity index (χ3n) is 2.95. The molecule has 1 aromatic carbocycles. The molecule has 0 aromatic heterocycles. The van der Waals surface area contributed by atoms with E-state index in [1.165, 1.54) is 12.1 Å². The van der Waals surface area contributed by atoms with Crippen LogP contribution < -0.4 is 0 Å². The SMILES string of the molecule is O=C1CCCN(CC(F)(F)c2ccccc2)C1. The number of rotatable bonds is 3. The van der Waals surface area contributed by atoms with Gasteiger partial charge in [0, 0.05) is 12.0 Å². The van der Waals surface area contributed by atoms with Crippen molar-refractivity contribution in [1.82, 2.24) is 4.90 Å². The first-order chi connectivity index (χ1) is 8.08. The highest BCUT2D eigenvalue weighted by Gasteiger charge is 2.34. The third kappa shape index (κ3) is 3.09. The van der Waals surface area contributed by atoms with Crippen LogP contribution in [0, 0.1) is 0 Å². The van der Waals surface area contributed by atoms with Crippen molar-refractivity contribution in [2.45, 2.75) is 18.8 Å². The van der Waals surface area contributed by atoms with E-state index in [0.717, 1.165) is 0 Å². The van der Waals surface area contributed by atoms with E-state index in [9.17, 15) is 13.6 Å². The Kier molecular flexibility index (Phi) is 3.52. The van der Waals surface area contributed by atoms with Gasteiger partial charge in [0.05, 0.1) is 13.1 Å². The minimum Gasteiger partial charge on any atom is -0.298 e. The van der Waals surface area contributed by atoms with E-state index in [4.69, 9.17) is 0 Å². The summed E-state index contributed by atoms with van der Waals surface area (Å²) < 4.78 is 27.8. The third-order valence-corrected chi connectivity index (χ3v) is 2.95. The first kappa shape index (κ1) is 12.2. The number of hydrogen-bond donors (Lipinski definition) is 0. The average molecular weight is 239 g/mol. The van der Waals surface area contributed by atoms with E-state index in [1.54, 1.807) is 23.1 Å². The molecule has 0 N–H and O–H groups in total. The summed E-state index contributed by atoms with van der Waals surface area (Å²) in [5.74, 6) is -2.83. The zero-order chi connectivity index (χ0) is 12.3. The molecule has 0 unspecified atom stereocenters. The van der Waals surface area contributed by atoms with Gasteiger partial charge in [-0.15, -0.1) is 0 Å². The maximum atomic E-state index is 13.9. The van der Waals surface area contributed by atoms with Crippen LogP contribution in [-0.4, -0.2) is 30.3 Å². The number of halogens is 2. The predicted molar refractivity (Wildman–Crippen MR) is 61.0 cm³/mol. The molecular weight excluding hydrogens is 224 g/mol. The van der Waals surface area contributed by atoms with Crippen LogP contribution in [0.2, 0.25) is 0 Å². The van der Waals surface area contributed by atoms with Crippen molar-refractivity contribution in [3.05, 3.63) is 35.9 Å². The molecule has 2 rings (SSSR count). The highest BCUT2D eigenvalue weighted by atomic mass is 19.3. The molecule has 17 heavy (non-hydrogen) atoms. The van der Waals surface area contributed by atoms with Crippen LogP contribution in [0.1, 0.15) is 18.4 Å². The molecule has 0 amide bonds. The van der Waals surface area contributed by atoms with E-state index in [0.29, 0.717) is 19.4 Å². The number of carbonyl (C=O) groups is 1. The highest BCUT2D eigenvalue weighted by molar-refractivity contribution is 5.81. The molecule has 2 nitrogen and oxygen atoms in total. The molecular formula is C13H15F2NO. The number of likely N-dealkylation sites (tertiary alicyclic amines) is 1. The lowest BCUT2D eigenvalue weighted by Crippen LogP contribution is -2.42. The van der Waals surface area contributed by atoms with Crippen molar-refractivity contribution in [3.8, 4) is 0 Å². The lowest BCUT2D eigenvalue weighted by molar-refractivity contribution is -0.124. The minimum absolute atomic E-state index is 0.0121. The van der Waals surface area contributed by atoms with E-state index < -0.39 is 5.92 Å². The summed E-state index contributed by atoms with van der Waals surface area (Å²) in [6.07, 6.45) is 1.21. The number of benzene rings is 1. The monoisotopic (exact) mass is 239 g/mol. The quantitative estimate of drug-likeness (QED) is 0.807. The Bertz CT molecular complexity index is 392. The van der Waals surface area contributed by atoms with Gasteiger partial charge < -0.3 is 0 Å². The molecule has 0 bridgehead atoms. The molecule has 1 fully saturated rings. The maximum Gasteiger partial charge on any atom is 0.285 e. The fraction of sp³-hybridized carbons (Fsp3) is 0.462. The number of nitrogens with zero attached hydrogens (tertiary/aromatic N) is 1. The maximum absolute atomic E-state index is 13.9. The number of carbonyl (C=O) groups excluding carboxylic acids is 1. The summed E-state index contributed by atoms with van der Waals surface area (Å²) in [6, 6.07) is 7.76. The smallest absolute Gasteiger partial charge is 0.285 e. The average Bonchev–Trinajstić information content (AvgIpc) is 2.29. The fourth-order valence-electron chi connectivity index (χ4n) is 2.10. The number of hydrogen-bond acceptors (Lipinski definition) is 2. The van der Waals surface area contributed by atoms with Crippen molar-refractivity contribution >= 4 is 5.78 Å². The Morgan fingerprint density at radius 1 is 1.24 bits per heavy atom. The molecule has 4 heteroatoms. The van der Waals surface area contributed by atoms with Crippen molar-refractivity contribution in [2.75, 3.05) is 19.6 Å². The van der Waals surface area contributed by atoms with Crippen LogP contribution in [0.15, 0.2) is 30.3 Å². The fourth-order valence-corrected chi connectivity index (χ4v) is 2.10. The van der Waals surface area contributed by atoms with Gasteiger partial charge >= 0.3 is 0 Å². The molecule has 1 saturated heterocycles. The lowest BCUT2D eigenvalue weighted by Gasteiger charge is -2.29. The molecule has 1 aromatic rings. The lowest BCUT2D eigenvalue weighted by atomic mass is 10.1. The van der Waals surface area contributed by atoms with Crippen LogP contribution in [0.5, 0.6) is 0 Å². The van der Waals surface area contributed by atoms with Crippen LogP contribution in [0.25, 0.3) is 0 Å². The van der Waals surface area contributed by atoms with Gasteiger partial charge in [0.15, 0.2) is 0 Å². The van der Waals surface area contributed by atoms with E-state index in [2.05, 4.69) is 0 Å². The topological polar surface area (TPSA) is 20.3 Å². The van der Waals surface area contributed by atoms with E-state index >= 15 is 0 Å².